The minimum absolute atomic E-state index is 0.0716. The van der Waals surface area contributed by atoms with E-state index in [9.17, 15) is 14.4 Å². The smallest absolute Gasteiger partial charge is 0.344 e. The molecule has 1 rings (SSSR count). The molecule has 0 spiro atoms. The minimum atomic E-state index is -1.93. The van der Waals surface area contributed by atoms with Gasteiger partial charge in [-0.15, -0.1) is 5.73 Å². The highest BCUT2D eigenvalue weighted by Crippen LogP contribution is 2.18. The zero-order valence-corrected chi connectivity index (χ0v) is 15.6. The van der Waals surface area contributed by atoms with Gasteiger partial charge in [0.15, 0.2) is 0 Å². The molecule has 0 aromatic heterocycles. The van der Waals surface area contributed by atoms with Gasteiger partial charge in [0.2, 0.25) is 11.4 Å². The maximum absolute atomic E-state index is 12.5. The quantitative estimate of drug-likeness (QED) is 0.438. The van der Waals surface area contributed by atoms with E-state index in [1.807, 2.05) is 37.3 Å². The van der Waals surface area contributed by atoms with Gasteiger partial charge in [-0.25, -0.2) is 9.59 Å². The van der Waals surface area contributed by atoms with Crippen LogP contribution in [0.15, 0.2) is 42.1 Å². The summed E-state index contributed by atoms with van der Waals surface area (Å²) in [6, 6.07) is 9.56. The second-order valence-electron chi connectivity index (χ2n) is 5.57. The van der Waals surface area contributed by atoms with Gasteiger partial charge >= 0.3 is 11.9 Å². The van der Waals surface area contributed by atoms with E-state index in [4.69, 9.17) is 9.47 Å². The number of carbonyl (C=O) groups excluding carboxylic acids is 3. The summed E-state index contributed by atoms with van der Waals surface area (Å²) in [6.07, 6.45) is 1.40. The van der Waals surface area contributed by atoms with Crippen LogP contribution in [0.3, 0.4) is 0 Å². The summed E-state index contributed by atoms with van der Waals surface area (Å²) in [6.45, 7) is 6.47. The van der Waals surface area contributed by atoms with Crippen LogP contribution >= 0.6 is 0 Å². The Morgan fingerprint density at radius 3 is 2.04 bits per heavy atom. The van der Waals surface area contributed by atoms with Crippen LogP contribution in [-0.4, -0.2) is 36.6 Å². The van der Waals surface area contributed by atoms with Gasteiger partial charge in [-0.05, 0) is 38.0 Å². The van der Waals surface area contributed by atoms with Gasteiger partial charge in [0, 0.05) is 13.3 Å². The van der Waals surface area contributed by atoms with Crippen molar-refractivity contribution in [2.75, 3.05) is 13.2 Å². The minimum Gasteiger partial charge on any atom is -0.464 e. The van der Waals surface area contributed by atoms with Crippen molar-refractivity contribution in [1.82, 2.24) is 5.32 Å². The summed E-state index contributed by atoms with van der Waals surface area (Å²) >= 11 is 0. The fraction of sp³-hybridized carbons (Fsp3) is 0.400. The monoisotopic (exact) mass is 359 g/mol. The fourth-order valence-corrected chi connectivity index (χ4v) is 2.34. The SMILES string of the molecule is CCOC(=O)C(CC=C=C(C)c1ccccc1)(NC(C)=O)C(=O)OCC. The molecule has 6 heteroatoms. The van der Waals surface area contributed by atoms with E-state index in [2.05, 4.69) is 11.0 Å². The average Bonchev–Trinajstić information content (AvgIpc) is 2.61. The van der Waals surface area contributed by atoms with Crippen LogP contribution in [-0.2, 0) is 23.9 Å². The Balaban J connectivity index is 3.25. The predicted octanol–water partition coefficient (Wildman–Crippen LogP) is 2.64. The zero-order valence-electron chi connectivity index (χ0n) is 15.6. The molecule has 0 aliphatic heterocycles. The second-order valence-corrected chi connectivity index (χ2v) is 5.57. The van der Waals surface area contributed by atoms with Crippen molar-refractivity contribution in [3.05, 3.63) is 47.7 Å². The maximum atomic E-state index is 12.5. The lowest BCUT2D eigenvalue weighted by atomic mass is 9.94. The number of ether oxygens (including phenoxy) is 2. The topological polar surface area (TPSA) is 81.7 Å². The fourth-order valence-electron chi connectivity index (χ4n) is 2.34. The summed E-state index contributed by atoms with van der Waals surface area (Å²) in [4.78, 5) is 36.6. The van der Waals surface area contributed by atoms with Crippen LogP contribution < -0.4 is 5.32 Å². The molecule has 0 heterocycles. The van der Waals surface area contributed by atoms with Crippen molar-refractivity contribution in [3.63, 3.8) is 0 Å². The zero-order chi connectivity index (χ0) is 19.6. The lowest BCUT2D eigenvalue weighted by molar-refractivity contribution is -0.167. The van der Waals surface area contributed by atoms with E-state index in [0.29, 0.717) is 0 Å². The summed E-state index contributed by atoms with van der Waals surface area (Å²) in [5.74, 6) is -2.25. The number of hydrogen-bond donors (Lipinski definition) is 1. The molecule has 26 heavy (non-hydrogen) atoms. The molecule has 0 saturated carbocycles. The van der Waals surface area contributed by atoms with Crippen molar-refractivity contribution >= 4 is 23.4 Å². The van der Waals surface area contributed by atoms with Crippen LogP contribution in [0.25, 0.3) is 5.57 Å². The van der Waals surface area contributed by atoms with Gasteiger partial charge in [0.1, 0.15) is 0 Å². The summed E-state index contributed by atoms with van der Waals surface area (Å²) in [5.41, 5.74) is 2.91. The number of nitrogens with one attached hydrogen (secondary N) is 1. The highest BCUT2D eigenvalue weighted by molar-refractivity contribution is 6.07. The molecule has 0 saturated heterocycles. The van der Waals surface area contributed by atoms with Crippen LogP contribution in [0, 0.1) is 0 Å². The van der Waals surface area contributed by atoms with E-state index in [-0.39, 0.29) is 19.6 Å². The third-order valence-corrected chi connectivity index (χ3v) is 3.57. The van der Waals surface area contributed by atoms with Gasteiger partial charge in [0.25, 0.3) is 0 Å². The Bertz CT molecular complexity index is 684. The van der Waals surface area contributed by atoms with E-state index in [1.54, 1.807) is 13.8 Å². The number of carbonyl (C=O) groups is 3. The summed E-state index contributed by atoms with van der Waals surface area (Å²) < 4.78 is 10.0. The molecule has 0 aliphatic carbocycles. The molecule has 1 N–H and O–H groups in total. The highest BCUT2D eigenvalue weighted by Gasteiger charge is 2.49. The van der Waals surface area contributed by atoms with Gasteiger partial charge < -0.3 is 14.8 Å². The molecule has 0 unspecified atom stereocenters. The van der Waals surface area contributed by atoms with E-state index < -0.39 is 23.4 Å². The van der Waals surface area contributed by atoms with Crippen molar-refractivity contribution < 1.29 is 23.9 Å². The first-order valence-electron chi connectivity index (χ1n) is 8.47. The number of esters is 2. The molecule has 6 nitrogen and oxygen atoms in total. The molecular formula is C20H25NO5. The molecule has 1 amide bonds. The van der Waals surface area contributed by atoms with Gasteiger partial charge in [-0.1, -0.05) is 30.3 Å². The standard InChI is InChI=1S/C20H25NO5/c1-5-25-18(23)20(21-16(4)22,19(24)26-6-2)14-10-11-15(3)17-12-8-7-9-13-17/h7-10,12-13H,5-6,14H2,1-4H3,(H,21,22). The number of hydrogen-bond acceptors (Lipinski definition) is 5. The van der Waals surface area contributed by atoms with Crippen molar-refractivity contribution in [3.8, 4) is 0 Å². The van der Waals surface area contributed by atoms with Crippen LogP contribution in [0.4, 0.5) is 0 Å². The Morgan fingerprint density at radius 2 is 1.58 bits per heavy atom. The molecule has 0 bridgehead atoms. The first-order valence-corrected chi connectivity index (χ1v) is 8.47. The maximum Gasteiger partial charge on any atom is 0.344 e. The third-order valence-electron chi connectivity index (χ3n) is 3.57. The van der Waals surface area contributed by atoms with Crippen LogP contribution in [0.2, 0.25) is 0 Å². The Kier molecular flexibility index (Phi) is 8.32. The predicted molar refractivity (Wildman–Crippen MR) is 98.0 cm³/mol. The number of rotatable bonds is 8. The van der Waals surface area contributed by atoms with E-state index in [0.717, 1.165) is 11.1 Å². The highest BCUT2D eigenvalue weighted by atomic mass is 16.6. The molecular weight excluding hydrogens is 334 g/mol. The molecule has 0 fully saturated rings. The number of amides is 1. The first-order chi connectivity index (χ1) is 12.4. The lowest BCUT2D eigenvalue weighted by Crippen LogP contribution is -2.60. The van der Waals surface area contributed by atoms with Crippen molar-refractivity contribution in [2.45, 2.75) is 39.7 Å². The molecule has 0 aliphatic rings. The normalized spacial score (nSPS) is 10.3. The van der Waals surface area contributed by atoms with Gasteiger partial charge in [-0.3, -0.25) is 4.79 Å². The third kappa shape index (κ3) is 5.60. The Hall–Kier alpha value is -2.85. The summed E-state index contributed by atoms with van der Waals surface area (Å²) in [5, 5.41) is 2.41. The van der Waals surface area contributed by atoms with Gasteiger partial charge in [0.05, 0.1) is 13.2 Å². The Labute approximate surface area is 153 Å². The van der Waals surface area contributed by atoms with E-state index >= 15 is 0 Å². The summed E-state index contributed by atoms with van der Waals surface area (Å²) in [7, 11) is 0. The first kappa shape index (κ1) is 21.2. The Morgan fingerprint density at radius 1 is 1.04 bits per heavy atom. The molecule has 1 aromatic carbocycles. The molecule has 140 valence electrons. The lowest BCUT2D eigenvalue weighted by Gasteiger charge is -2.28. The van der Waals surface area contributed by atoms with Crippen LogP contribution in [0.1, 0.15) is 39.7 Å². The molecule has 1 aromatic rings. The molecule has 0 atom stereocenters. The average molecular weight is 359 g/mol. The second kappa shape index (κ2) is 10.2. The van der Waals surface area contributed by atoms with E-state index in [1.165, 1.54) is 13.0 Å². The van der Waals surface area contributed by atoms with Crippen molar-refractivity contribution in [1.29, 1.82) is 0 Å². The van der Waals surface area contributed by atoms with Crippen molar-refractivity contribution in [2.24, 2.45) is 0 Å². The number of benzene rings is 1. The van der Waals surface area contributed by atoms with Crippen LogP contribution in [0.5, 0.6) is 0 Å². The van der Waals surface area contributed by atoms with Gasteiger partial charge in [-0.2, -0.15) is 0 Å². The largest absolute Gasteiger partial charge is 0.464 e. The molecule has 0 radical (unpaired) electrons.